The molecule has 0 saturated carbocycles. The SMILES string of the molecule is Cc1ccc(N(c2ccc(-c3ccc(N(c4ccc(C)cc4)c4ccc5sc6ccc(N(c7ccc(C)cc7C)c7ccc(C)cc7C)cc6c5c4)cc3)cc2)c2ccc3sc4ccc(C)cc4c3c2)cc1. The predicted octanol–water partition coefficient (Wildman–Crippen LogP) is 20.7. The Kier molecular flexibility index (Phi) is 11.5. The number of nitrogens with zero attached hydrogens (tertiary/aromatic N) is 3. The van der Waals surface area contributed by atoms with E-state index in [1.54, 1.807) is 0 Å². The fourth-order valence-corrected chi connectivity index (χ4v) is 12.6. The van der Waals surface area contributed by atoms with E-state index in [9.17, 15) is 0 Å². The molecule has 0 aliphatic rings. The van der Waals surface area contributed by atoms with Crippen molar-refractivity contribution in [3.05, 3.63) is 245 Å². The lowest BCUT2D eigenvalue weighted by molar-refractivity contribution is 1.21. The molecule has 12 aromatic rings. The highest BCUT2D eigenvalue weighted by Gasteiger charge is 2.21. The summed E-state index contributed by atoms with van der Waals surface area (Å²) in [5, 5.41) is 5.13. The summed E-state index contributed by atoms with van der Waals surface area (Å²) in [5.41, 5.74) is 21.4. The first kappa shape index (κ1) is 45.2. The van der Waals surface area contributed by atoms with Crippen molar-refractivity contribution in [3.63, 3.8) is 0 Å². The summed E-state index contributed by atoms with van der Waals surface area (Å²) < 4.78 is 5.18. The first-order chi connectivity index (χ1) is 35.0. The van der Waals surface area contributed by atoms with Crippen LogP contribution in [0.25, 0.3) is 51.5 Å². The molecule has 0 spiro atoms. The monoisotopic (exact) mass is 965 g/mol. The van der Waals surface area contributed by atoms with Crippen molar-refractivity contribution in [1.82, 2.24) is 0 Å². The molecular weight excluding hydrogens is 911 g/mol. The van der Waals surface area contributed by atoms with Gasteiger partial charge in [0.1, 0.15) is 0 Å². The fraction of sp³-hybridized carbons (Fsp3) is 0.104. The molecule has 5 heteroatoms. The Hall–Kier alpha value is -7.96. The molecule has 0 saturated heterocycles. The molecule has 72 heavy (non-hydrogen) atoms. The van der Waals surface area contributed by atoms with Crippen LogP contribution in [0, 0.1) is 48.5 Å². The third-order valence-corrected chi connectivity index (χ3v) is 16.5. The largest absolute Gasteiger partial charge is 0.310 e. The van der Waals surface area contributed by atoms with Crippen LogP contribution in [0.5, 0.6) is 0 Å². The number of hydrogen-bond acceptors (Lipinski definition) is 5. The highest BCUT2D eigenvalue weighted by molar-refractivity contribution is 7.26. The molecule has 0 radical (unpaired) electrons. The lowest BCUT2D eigenvalue weighted by atomic mass is 10.0. The van der Waals surface area contributed by atoms with Crippen LogP contribution in [-0.2, 0) is 0 Å². The topological polar surface area (TPSA) is 9.72 Å². The second-order valence-electron chi connectivity index (χ2n) is 19.6. The van der Waals surface area contributed by atoms with Gasteiger partial charge in [-0.15, -0.1) is 22.7 Å². The Morgan fingerprint density at radius 3 is 0.889 bits per heavy atom. The maximum absolute atomic E-state index is 2.44. The van der Waals surface area contributed by atoms with Crippen LogP contribution in [0.4, 0.5) is 51.2 Å². The quantitative estimate of drug-likeness (QED) is 0.135. The molecule has 0 amide bonds. The van der Waals surface area contributed by atoms with E-state index in [1.807, 2.05) is 22.7 Å². The van der Waals surface area contributed by atoms with E-state index in [0.29, 0.717) is 0 Å². The molecule has 0 atom stereocenters. The van der Waals surface area contributed by atoms with Gasteiger partial charge in [0.15, 0.2) is 0 Å². The summed E-state index contributed by atoms with van der Waals surface area (Å²) in [6.45, 7) is 15.3. The second-order valence-corrected chi connectivity index (χ2v) is 21.8. The Bertz CT molecular complexity index is 3940. The van der Waals surface area contributed by atoms with E-state index in [0.717, 1.165) is 39.8 Å². The summed E-state index contributed by atoms with van der Waals surface area (Å²) in [6, 6.07) is 77.1. The van der Waals surface area contributed by atoms with Gasteiger partial charge in [-0.2, -0.15) is 0 Å². The van der Waals surface area contributed by atoms with Gasteiger partial charge in [-0.05, 0) is 198 Å². The van der Waals surface area contributed by atoms with Gasteiger partial charge >= 0.3 is 0 Å². The molecule has 3 nitrogen and oxygen atoms in total. The van der Waals surface area contributed by atoms with Gasteiger partial charge in [-0.3, -0.25) is 0 Å². The highest BCUT2D eigenvalue weighted by atomic mass is 32.1. The van der Waals surface area contributed by atoms with Gasteiger partial charge in [0.05, 0.1) is 0 Å². The molecule has 0 bridgehead atoms. The summed E-state index contributed by atoms with van der Waals surface area (Å²) in [4.78, 5) is 7.22. The average molecular weight is 966 g/mol. The molecular formula is C67H55N3S2. The van der Waals surface area contributed by atoms with Gasteiger partial charge in [0.25, 0.3) is 0 Å². The van der Waals surface area contributed by atoms with Gasteiger partial charge in [-0.1, -0.05) is 107 Å². The molecule has 12 rings (SSSR count). The number of fused-ring (bicyclic) bond motifs is 6. The van der Waals surface area contributed by atoms with Gasteiger partial charge in [0, 0.05) is 91.5 Å². The zero-order valence-corrected chi connectivity index (χ0v) is 43.4. The van der Waals surface area contributed by atoms with E-state index in [2.05, 4.69) is 269 Å². The van der Waals surface area contributed by atoms with Crippen molar-refractivity contribution in [3.8, 4) is 11.1 Å². The smallest absolute Gasteiger partial charge is 0.0491 e. The molecule has 2 aromatic heterocycles. The molecule has 0 aliphatic carbocycles. The van der Waals surface area contributed by atoms with Crippen molar-refractivity contribution in [2.75, 3.05) is 14.7 Å². The van der Waals surface area contributed by atoms with E-state index in [4.69, 9.17) is 0 Å². The van der Waals surface area contributed by atoms with E-state index in [-0.39, 0.29) is 0 Å². The normalized spacial score (nSPS) is 11.5. The number of benzene rings is 10. The number of aryl methyl sites for hydroxylation is 7. The Morgan fingerprint density at radius 1 is 0.236 bits per heavy atom. The molecule has 0 aliphatic heterocycles. The molecule has 0 N–H and O–H groups in total. The Labute approximate surface area is 431 Å². The first-order valence-electron chi connectivity index (χ1n) is 24.8. The third-order valence-electron chi connectivity index (χ3n) is 14.2. The summed E-state index contributed by atoms with van der Waals surface area (Å²) in [6.07, 6.45) is 0. The third kappa shape index (κ3) is 8.38. The minimum atomic E-state index is 1.10. The van der Waals surface area contributed by atoms with Crippen LogP contribution in [-0.4, -0.2) is 0 Å². The molecule has 2 heterocycles. The standard InChI is InChI=1S/C67H55N3S2/c1-42-8-19-51(20-9-42)68(55-27-33-65-59(39-55)58-38-46(5)14-32-64(58)71-65)53-23-15-49(16-24-53)50-17-25-54(26-18-50)69(52-21-10-43(2)11-22-52)56-28-34-66-60(40-56)61-41-57(29-35-67(61)72-66)70(62-30-12-44(3)36-47(62)6)63-31-13-45(4)37-48(63)7/h8-41H,1-7H3. The average Bonchev–Trinajstić information content (AvgIpc) is 3.94. The van der Waals surface area contributed by atoms with E-state index < -0.39 is 0 Å². The lowest BCUT2D eigenvalue weighted by Crippen LogP contribution is -2.12. The van der Waals surface area contributed by atoms with Crippen LogP contribution in [0.1, 0.15) is 38.9 Å². The number of rotatable bonds is 10. The van der Waals surface area contributed by atoms with E-state index >= 15 is 0 Å². The van der Waals surface area contributed by atoms with Crippen molar-refractivity contribution in [1.29, 1.82) is 0 Å². The van der Waals surface area contributed by atoms with Crippen LogP contribution in [0.2, 0.25) is 0 Å². The Balaban J connectivity index is 0.903. The lowest BCUT2D eigenvalue weighted by Gasteiger charge is -2.29. The second kappa shape index (κ2) is 18.3. The van der Waals surface area contributed by atoms with Crippen LogP contribution < -0.4 is 14.7 Å². The number of anilines is 9. The van der Waals surface area contributed by atoms with Crippen LogP contribution >= 0.6 is 22.7 Å². The minimum absolute atomic E-state index is 1.10. The molecule has 10 aromatic carbocycles. The zero-order valence-electron chi connectivity index (χ0n) is 41.8. The molecule has 0 fully saturated rings. The maximum atomic E-state index is 2.44. The van der Waals surface area contributed by atoms with Crippen molar-refractivity contribution < 1.29 is 0 Å². The molecule has 0 unspecified atom stereocenters. The van der Waals surface area contributed by atoms with Gasteiger partial charge in [-0.25, -0.2) is 0 Å². The van der Waals surface area contributed by atoms with E-state index in [1.165, 1.54) is 102 Å². The van der Waals surface area contributed by atoms with Crippen molar-refractivity contribution in [2.45, 2.75) is 48.5 Å². The number of hydrogen-bond donors (Lipinski definition) is 0. The predicted molar refractivity (Wildman–Crippen MR) is 315 cm³/mol. The summed E-state index contributed by atoms with van der Waals surface area (Å²) >= 11 is 3.72. The van der Waals surface area contributed by atoms with Crippen LogP contribution in [0.15, 0.2) is 206 Å². The number of thiophene rings is 2. The Morgan fingerprint density at radius 2 is 0.514 bits per heavy atom. The summed E-state index contributed by atoms with van der Waals surface area (Å²) in [7, 11) is 0. The van der Waals surface area contributed by atoms with Gasteiger partial charge < -0.3 is 14.7 Å². The maximum Gasteiger partial charge on any atom is 0.0491 e. The first-order valence-corrected chi connectivity index (χ1v) is 26.4. The molecule has 350 valence electrons. The fourth-order valence-electron chi connectivity index (χ4n) is 10.5. The highest BCUT2D eigenvalue weighted by Crippen LogP contribution is 2.46. The van der Waals surface area contributed by atoms with Crippen molar-refractivity contribution >= 4 is 114 Å². The zero-order chi connectivity index (χ0) is 49.2. The summed E-state index contributed by atoms with van der Waals surface area (Å²) in [5.74, 6) is 0. The van der Waals surface area contributed by atoms with Gasteiger partial charge in [0.2, 0.25) is 0 Å². The minimum Gasteiger partial charge on any atom is -0.310 e. The van der Waals surface area contributed by atoms with Crippen molar-refractivity contribution in [2.24, 2.45) is 0 Å². The van der Waals surface area contributed by atoms with Crippen LogP contribution in [0.3, 0.4) is 0 Å².